The molecule has 0 saturated heterocycles. The molecule has 3 heteroatoms. The lowest BCUT2D eigenvalue weighted by Crippen LogP contribution is -2.24. The van der Waals surface area contributed by atoms with Crippen LogP contribution in [0.3, 0.4) is 0 Å². The molecule has 1 unspecified atom stereocenters. The fraction of sp³-hybridized carbons (Fsp3) is 0.500. The van der Waals surface area contributed by atoms with Crippen LogP contribution in [0.5, 0.6) is 5.75 Å². The summed E-state index contributed by atoms with van der Waals surface area (Å²) in [5, 5.41) is 19.8. The van der Waals surface area contributed by atoms with E-state index in [1.165, 1.54) is 0 Å². The zero-order valence-corrected chi connectivity index (χ0v) is 10.0. The summed E-state index contributed by atoms with van der Waals surface area (Å²) in [6.45, 7) is 0. The van der Waals surface area contributed by atoms with Gasteiger partial charge in [-0.25, -0.2) is 0 Å². The lowest BCUT2D eigenvalue weighted by Gasteiger charge is -2.28. The monoisotopic (exact) mass is 231 g/mol. The fourth-order valence-electron chi connectivity index (χ4n) is 2.64. The molecule has 1 aromatic rings. The maximum atomic E-state index is 10.5. The standard InChI is InChI=1S/C14H17NO2/c1-17-12-7-3-2-6-11(12)13(16)14(10-15)8-4-5-9-14/h2-3,6-7,13,16H,4-5,8-9H2,1H3. The van der Waals surface area contributed by atoms with Crippen molar-refractivity contribution in [3.8, 4) is 11.8 Å². The van der Waals surface area contributed by atoms with Crippen molar-refractivity contribution in [1.82, 2.24) is 0 Å². The Bertz CT molecular complexity index is 430. The van der Waals surface area contributed by atoms with Crippen LogP contribution in [-0.4, -0.2) is 12.2 Å². The molecule has 1 saturated carbocycles. The second-order valence-corrected chi connectivity index (χ2v) is 4.62. The Hall–Kier alpha value is -1.53. The van der Waals surface area contributed by atoms with Crippen molar-refractivity contribution in [2.24, 2.45) is 5.41 Å². The number of aliphatic hydroxyl groups is 1. The summed E-state index contributed by atoms with van der Waals surface area (Å²) in [7, 11) is 1.58. The third-order valence-electron chi connectivity index (χ3n) is 3.68. The van der Waals surface area contributed by atoms with E-state index in [1.54, 1.807) is 7.11 Å². The fourth-order valence-corrected chi connectivity index (χ4v) is 2.64. The van der Waals surface area contributed by atoms with Gasteiger partial charge in [0.1, 0.15) is 11.9 Å². The van der Waals surface area contributed by atoms with Crippen molar-refractivity contribution in [2.45, 2.75) is 31.8 Å². The minimum absolute atomic E-state index is 0.630. The van der Waals surface area contributed by atoms with Crippen molar-refractivity contribution >= 4 is 0 Å². The predicted molar refractivity (Wildman–Crippen MR) is 64.5 cm³/mol. The highest BCUT2D eigenvalue weighted by Crippen LogP contribution is 2.48. The molecule has 0 aliphatic heterocycles. The maximum absolute atomic E-state index is 10.5. The largest absolute Gasteiger partial charge is 0.496 e. The van der Waals surface area contributed by atoms with Gasteiger partial charge in [-0.3, -0.25) is 0 Å². The third-order valence-corrected chi connectivity index (χ3v) is 3.68. The highest BCUT2D eigenvalue weighted by molar-refractivity contribution is 5.37. The lowest BCUT2D eigenvalue weighted by molar-refractivity contribution is 0.0648. The van der Waals surface area contributed by atoms with Crippen LogP contribution in [0.1, 0.15) is 37.4 Å². The molecule has 1 aliphatic carbocycles. The van der Waals surface area contributed by atoms with Gasteiger partial charge in [-0.05, 0) is 18.9 Å². The minimum atomic E-state index is -0.758. The van der Waals surface area contributed by atoms with Crippen LogP contribution < -0.4 is 4.74 Å². The first-order chi connectivity index (χ1) is 8.23. The number of nitrogens with zero attached hydrogens (tertiary/aromatic N) is 1. The molecule has 0 amide bonds. The Morgan fingerprint density at radius 1 is 1.35 bits per heavy atom. The average molecular weight is 231 g/mol. The Kier molecular flexibility index (Phi) is 3.35. The van der Waals surface area contributed by atoms with E-state index in [0.29, 0.717) is 5.75 Å². The van der Waals surface area contributed by atoms with Crippen LogP contribution in [0.2, 0.25) is 0 Å². The molecule has 0 heterocycles. The zero-order valence-electron chi connectivity index (χ0n) is 10.0. The molecule has 17 heavy (non-hydrogen) atoms. The van der Waals surface area contributed by atoms with E-state index < -0.39 is 11.5 Å². The van der Waals surface area contributed by atoms with E-state index in [9.17, 15) is 10.4 Å². The first kappa shape index (κ1) is 11.9. The van der Waals surface area contributed by atoms with Gasteiger partial charge in [0, 0.05) is 5.56 Å². The predicted octanol–water partition coefficient (Wildman–Crippen LogP) is 2.81. The van der Waals surface area contributed by atoms with Gasteiger partial charge < -0.3 is 9.84 Å². The van der Waals surface area contributed by atoms with Crippen LogP contribution in [0.15, 0.2) is 24.3 Å². The molecule has 90 valence electrons. The first-order valence-electron chi connectivity index (χ1n) is 5.96. The minimum Gasteiger partial charge on any atom is -0.496 e. The summed E-state index contributed by atoms with van der Waals surface area (Å²) in [6, 6.07) is 9.70. The second-order valence-electron chi connectivity index (χ2n) is 4.62. The normalized spacial score (nSPS) is 19.6. The number of hydrogen-bond acceptors (Lipinski definition) is 3. The molecule has 0 spiro atoms. The quantitative estimate of drug-likeness (QED) is 0.870. The second kappa shape index (κ2) is 4.77. The first-order valence-corrected chi connectivity index (χ1v) is 5.96. The molecule has 1 atom stereocenters. The van der Waals surface area contributed by atoms with Crippen molar-refractivity contribution in [2.75, 3.05) is 7.11 Å². The van der Waals surface area contributed by atoms with Crippen LogP contribution in [-0.2, 0) is 0 Å². The average Bonchev–Trinajstić information content (AvgIpc) is 2.88. The highest BCUT2D eigenvalue weighted by Gasteiger charge is 2.42. The van der Waals surface area contributed by atoms with E-state index in [0.717, 1.165) is 31.2 Å². The highest BCUT2D eigenvalue weighted by atomic mass is 16.5. The molecule has 1 aliphatic rings. The summed E-state index contributed by atoms with van der Waals surface area (Å²) in [5.41, 5.74) is 0.0905. The van der Waals surface area contributed by atoms with E-state index in [4.69, 9.17) is 4.74 Å². The molecule has 0 bridgehead atoms. The Morgan fingerprint density at radius 3 is 2.59 bits per heavy atom. The molecule has 1 aromatic carbocycles. The van der Waals surface area contributed by atoms with Crippen LogP contribution in [0.25, 0.3) is 0 Å². The summed E-state index contributed by atoms with van der Waals surface area (Å²) in [4.78, 5) is 0. The number of benzene rings is 1. The lowest BCUT2D eigenvalue weighted by atomic mass is 9.78. The van der Waals surface area contributed by atoms with Gasteiger partial charge in [0.2, 0.25) is 0 Å². The number of methoxy groups -OCH3 is 1. The molecular weight excluding hydrogens is 214 g/mol. The van der Waals surface area contributed by atoms with Crippen LogP contribution >= 0.6 is 0 Å². The molecule has 2 rings (SSSR count). The number of hydrogen-bond donors (Lipinski definition) is 1. The number of para-hydroxylation sites is 1. The van der Waals surface area contributed by atoms with E-state index in [1.807, 2.05) is 24.3 Å². The van der Waals surface area contributed by atoms with Crippen LogP contribution in [0.4, 0.5) is 0 Å². The molecule has 1 fully saturated rings. The van der Waals surface area contributed by atoms with Crippen molar-refractivity contribution in [1.29, 1.82) is 5.26 Å². The zero-order chi connectivity index (χ0) is 12.3. The smallest absolute Gasteiger partial charge is 0.124 e. The summed E-state index contributed by atoms with van der Waals surface area (Å²) in [5.74, 6) is 0.654. The van der Waals surface area contributed by atoms with E-state index in [-0.39, 0.29) is 0 Å². The summed E-state index contributed by atoms with van der Waals surface area (Å²) < 4.78 is 5.25. The van der Waals surface area contributed by atoms with Gasteiger partial charge in [-0.2, -0.15) is 5.26 Å². The van der Waals surface area contributed by atoms with E-state index in [2.05, 4.69) is 6.07 Å². The summed E-state index contributed by atoms with van der Waals surface area (Å²) >= 11 is 0. The van der Waals surface area contributed by atoms with Gasteiger partial charge in [0.15, 0.2) is 0 Å². The molecular formula is C14H17NO2. The third kappa shape index (κ3) is 2.01. The Labute approximate surface area is 102 Å². The maximum Gasteiger partial charge on any atom is 0.124 e. The Balaban J connectivity index is 2.36. The van der Waals surface area contributed by atoms with Crippen molar-refractivity contribution in [3.05, 3.63) is 29.8 Å². The topological polar surface area (TPSA) is 53.2 Å². The molecule has 0 radical (unpaired) electrons. The summed E-state index contributed by atoms with van der Waals surface area (Å²) in [6.07, 6.45) is 2.80. The number of aliphatic hydroxyl groups excluding tert-OH is 1. The van der Waals surface area contributed by atoms with Crippen LogP contribution in [0, 0.1) is 16.7 Å². The Morgan fingerprint density at radius 2 is 2.00 bits per heavy atom. The van der Waals surface area contributed by atoms with E-state index >= 15 is 0 Å². The molecule has 3 nitrogen and oxygen atoms in total. The van der Waals surface area contributed by atoms with Gasteiger partial charge in [0.05, 0.1) is 18.6 Å². The number of ether oxygens (including phenoxy) is 1. The van der Waals surface area contributed by atoms with Crippen molar-refractivity contribution in [3.63, 3.8) is 0 Å². The van der Waals surface area contributed by atoms with Gasteiger partial charge in [-0.15, -0.1) is 0 Å². The molecule has 1 N–H and O–H groups in total. The van der Waals surface area contributed by atoms with Crippen molar-refractivity contribution < 1.29 is 9.84 Å². The molecule has 0 aromatic heterocycles. The number of nitriles is 1. The van der Waals surface area contributed by atoms with Gasteiger partial charge in [-0.1, -0.05) is 31.0 Å². The number of rotatable bonds is 3. The van der Waals surface area contributed by atoms with Gasteiger partial charge in [0.25, 0.3) is 0 Å². The SMILES string of the molecule is COc1ccccc1C(O)C1(C#N)CCCC1. The van der Waals surface area contributed by atoms with Gasteiger partial charge >= 0.3 is 0 Å².